The van der Waals surface area contributed by atoms with Gasteiger partial charge in [-0.05, 0) is 49.5 Å². The Bertz CT molecular complexity index is 1550. The topological polar surface area (TPSA) is 151 Å². The van der Waals surface area contributed by atoms with Gasteiger partial charge < -0.3 is 25.4 Å². The number of rotatable bonds is 9. The first-order chi connectivity index (χ1) is 18.8. The van der Waals surface area contributed by atoms with Gasteiger partial charge in [0.25, 0.3) is 5.56 Å². The molecule has 4 aromatic rings. The quantitative estimate of drug-likeness (QED) is 0.199. The summed E-state index contributed by atoms with van der Waals surface area (Å²) in [5.41, 5.74) is 0.386. The number of methoxy groups -OCH3 is 1. The van der Waals surface area contributed by atoms with Crippen LogP contribution in [-0.4, -0.2) is 47.4 Å². The summed E-state index contributed by atoms with van der Waals surface area (Å²) >= 11 is 12.8. The number of urea groups is 1. The highest BCUT2D eigenvalue weighted by Crippen LogP contribution is 2.39. The first kappa shape index (κ1) is 27.5. The van der Waals surface area contributed by atoms with Crippen LogP contribution in [0.3, 0.4) is 0 Å². The molecule has 0 bridgehead atoms. The van der Waals surface area contributed by atoms with Crippen LogP contribution in [0.5, 0.6) is 17.2 Å². The molecule has 0 saturated heterocycles. The third kappa shape index (κ3) is 6.87. The molecule has 0 fully saturated rings. The van der Waals surface area contributed by atoms with Gasteiger partial charge in [0.15, 0.2) is 0 Å². The van der Waals surface area contributed by atoms with Crippen LogP contribution in [0.2, 0.25) is 10.0 Å². The lowest BCUT2D eigenvalue weighted by molar-refractivity contribution is -0.115. The normalized spacial score (nSPS) is 10.6. The van der Waals surface area contributed by atoms with Crippen LogP contribution in [0.25, 0.3) is 5.69 Å². The minimum absolute atomic E-state index is 0.0301. The van der Waals surface area contributed by atoms with Crippen LogP contribution in [0, 0.1) is 0 Å². The second-order valence-electron chi connectivity index (χ2n) is 7.91. The lowest BCUT2D eigenvalue weighted by Crippen LogP contribution is -2.25. The highest BCUT2D eigenvalue weighted by atomic mass is 35.5. The molecule has 39 heavy (non-hydrogen) atoms. The molecule has 0 atom stereocenters. The minimum Gasteiger partial charge on any atom is -0.497 e. The van der Waals surface area contributed by atoms with Gasteiger partial charge in [0.05, 0.1) is 30.1 Å². The number of amides is 3. The average Bonchev–Trinajstić information content (AvgIpc) is 3.28. The van der Waals surface area contributed by atoms with E-state index in [1.165, 1.54) is 35.1 Å². The summed E-state index contributed by atoms with van der Waals surface area (Å²) in [4.78, 5) is 40.6. The Kier molecular flexibility index (Phi) is 8.71. The summed E-state index contributed by atoms with van der Waals surface area (Å²) < 4.78 is 12.4. The highest BCUT2D eigenvalue weighted by Gasteiger charge is 2.16. The Morgan fingerprint density at radius 1 is 0.974 bits per heavy atom. The van der Waals surface area contributed by atoms with Crippen LogP contribution < -0.4 is 36.3 Å². The number of ether oxygens (including phenoxy) is 2. The number of anilines is 3. The van der Waals surface area contributed by atoms with Crippen molar-refractivity contribution in [1.29, 1.82) is 0 Å². The van der Waals surface area contributed by atoms with E-state index >= 15 is 0 Å². The van der Waals surface area contributed by atoms with Gasteiger partial charge in [-0.1, -0.05) is 23.2 Å². The molecule has 2 heterocycles. The second-order valence-corrected chi connectivity index (χ2v) is 8.67. The maximum absolute atomic E-state index is 12.7. The van der Waals surface area contributed by atoms with Gasteiger partial charge in [0.1, 0.15) is 33.9 Å². The van der Waals surface area contributed by atoms with Gasteiger partial charge in [0, 0.05) is 18.3 Å². The Balaban J connectivity index is 1.46. The van der Waals surface area contributed by atoms with Gasteiger partial charge in [0.2, 0.25) is 5.91 Å². The first-order valence-electron chi connectivity index (χ1n) is 11.4. The summed E-state index contributed by atoms with van der Waals surface area (Å²) in [7, 11) is 3.20. The SMILES string of the molecule is CNCC(=O)Nc1cc(Oc2ccc(NC(=O)Nc3cc(=O)[nH]n3-c3ccc(OC)cc3)c(Cl)c2Cl)ccn1. The monoisotopic (exact) mass is 571 g/mol. The van der Waals surface area contributed by atoms with Crippen LogP contribution in [0.1, 0.15) is 0 Å². The van der Waals surface area contributed by atoms with Crippen molar-refractivity contribution in [3.8, 4) is 22.9 Å². The molecule has 2 aromatic heterocycles. The lowest BCUT2D eigenvalue weighted by atomic mass is 10.3. The summed E-state index contributed by atoms with van der Waals surface area (Å²) in [6.45, 7) is 0.125. The molecule has 0 unspecified atom stereocenters. The Morgan fingerprint density at radius 2 is 1.74 bits per heavy atom. The van der Waals surface area contributed by atoms with E-state index in [0.29, 0.717) is 23.0 Å². The fourth-order valence-electron chi connectivity index (χ4n) is 3.41. The van der Waals surface area contributed by atoms with Crippen LogP contribution >= 0.6 is 23.2 Å². The van der Waals surface area contributed by atoms with Crippen molar-refractivity contribution in [2.75, 3.05) is 36.7 Å². The molecule has 0 aliphatic heterocycles. The van der Waals surface area contributed by atoms with Crippen molar-refractivity contribution in [2.45, 2.75) is 0 Å². The summed E-state index contributed by atoms with van der Waals surface area (Å²) in [6.07, 6.45) is 1.46. The van der Waals surface area contributed by atoms with Crippen LogP contribution in [-0.2, 0) is 4.79 Å². The molecule has 12 nitrogen and oxygen atoms in total. The van der Waals surface area contributed by atoms with E-state index in [0.717, 1.165) is 0 Å². The zero-order valence-electron chi connectivity index (χ0n) is 20.7. The maximum atomic E-state index is 12.7. The molecule has 0 spiro atoms. The molecular weight excluding hydrogens is 549 g/mol. The maximum Gasteiger partial charge on any atom is 0.324 e. The number of H-pyrrole nitrogens is 1. The zero-order chi connectivity index (χ0) is 27.9. The van der Waals surface area contributed by atoms with E-state index in [-0.39, 0.29) is 39.8 Å². The molecule has 5 N–H and O–H groups in total. The molecule has 4 rings (SSSR count). The number of hydrogen-bond acceptors (Lipinski definition) is 7. The molecule has 0 radical (unpaired) electrons. The molecule has 0 saturated carbocycles. The van der Waals surface area contributed by atoms with Gasteiger partial charge in [-0.3, -0.25) is 20.0 Å². The number of likely N-dealkylation sites (N-methyl/N-ethyl adjacent to an activating group) is 1. The third-order valence-electron chi connectivity index (χ3n) is 5.16. The fraction of sp³-hybridized carbons (Fsp3) is 0.120. The van der Waals surface area contributed by atoms with Gasteiger partial charge in [-0.2, -0.15) is 0 Å². The van der Waals surface area contributed by atoms with E-state index in [2.05, 4.69) is 31.3 Å². The molecule has 3 amide bonds. The van der Waals surface area contributed by atoms with Gasteiger partial charge >= 0.3 is 6.03 Å². The van der Waals surface area contributed by atoms with E-state index in [4.69, 9.17) is 32.7 Å². The Labute approximate surface area is 232 Å². The Hall–Kier alpha value is -4.52. The third-order valence-corrected chi connectivity index (χ3v) is 6.03. The van der Waals surface area contributed by atoms with Crippen molar-refractivity contribution in [1.82, 2.24) is 20.1 Å². The molecular formula is C25H23Cl2N7O5. The van der Waals surface area contributed by atoms with E-state index in [1.54, 1.807) is 44.5 Å². The number of carbonyl (C=O) groups is 2. The second kappa shape index (κ2) is 12.3. The van der Waals surface area contributed by atoms with E-state index < -0.39 is 11.6 Å². The summed E-state index contributed by atoms with van der Waals surface area (Å²) in [5.74, 6) is 1.43. The lowest BCUT2D eigenvalue weighted by Gasteiger charge is -2.14. The molecule has 0 aliphatic carbocycles. The number of aromatic amines is 1. The largest absolute Gasteiger partial charge is 0.497 e. The first-order valence-corrected chi connectivity index (χ1v) is 12.1. The Morgan fingerprint density at radius 3 is 2.46 bits per heavy atom. The number of hydrogen-bond donors (Lipinski definition) is 5. The van der Waals surface area contributed by atoms with Gasteiger partial charge in [-0.15, -0.1) is 0 Å². The van der Waals surface area contributed by atoms with Crippen molar-refractivity contribution in [2.24, 2.45) is 0 Å². The number of aromatic nitrogens is 3. The van der Waals surface area contributed by atoms with Crippen molar-refractivity contribution >= 4 is 52.5 Å². The number of nitrogens with one attached hydrogen (secondary N) is 5. The predicted octanol–water partition coefficient (Wildman–Crippen LogP) is 4.47. The number of benzene rings is 2. The van der Waals surface area contributed by atoms with Crippen LogP contribution in [0.4, 0.5) is 22.1 Å². The van der Waals surface area contributed by atoms with Crippen molar-refractivity contribution in [3.05, 3.63) is 81.2 Å². The zero-order valence-corrected chi connectivity index (χ0v) is 22.2. The van der Waals surface area contributed by atoms with Gasteiger partial charge in [-0.25, -0.2) is 14.5 Å². The average molecular weight is 572 g/mol. The fourth-order valence-corrected chi connectivity index (χ4v) is 3.82. The molecule has 2 aromatic carbocycles. The number of carbonyl (C=O) groups excluding carboxylic acids is 2. The summed E-state index contributed by atoms with van der Waals surface area (Å²) in [6, 6.07) is 13.6. The van der Waals surface area contributed by atoms with Crippen molar-refractivity contribution < 1.29 is 19.1 Å². The van der Waals surface area contributed by atoms with E-state index in [9.17, 15) is 14.4 Å². The minimum atomic E-state index is -0.668. The van der Waals surface area contributed by atoms with Crippen molar-refractivity contribution in [3.63, 3.8) is 0 Å². The van der Waals surface area contributed by atoms with E-state index in [1.807, 2.05) is 0 Å². The van der Waals surface area contributed by atoms with Crippen LogP contribution in [0.15, 0.2) is 65.6 Å². The standard InChI is InChI=1S/C25H23Cl2N7O5/c1-28-13-22(36)31-19-11-16(9-10-29-19)39-18-8-7-17(23(26)24(18)27)30-25(37)32-20-12-21(35)33-34(20)14-3-5-15(38-2)6-4-14/h3-12,28H,13H2,1-2H3,(H,33,35)(H,29,31,36)(H2,30,32,37). The smallest absolute Gasteiger partial charge is 0.324 e. The summed E-state index contributed by atoms with van der Waals surface area (Å²) in [5, 5.41) is 13.3. The number of halogens is 2. The molecule has 0 aliphatic rings. The number of nitrogens with zero attached hydrogens (tertiary/aromatic N) is 2. The predicted molar refractivity (Wildman–Crippen MR) is 149 cm³/mol. The molecule has 14 heteroatoms. The highest BCUT2D eigenvalue weighted by molar-refractivity contribution is 6.45. The molecule has 202 valence electrons. The number of pyridine rings is 1.